The summed E-state index contributed by atoms with van der Waals surface area (Å²) in [6.07, 6.45) is -4.70. The summed E-state index contributed by atoms with van der Waals surface area (Å²) in [5.41, 5.74) is 4.90. The Hall–Kier alpha value is -3.46. The van der Waals surface area contributed by atoms with E-state index in [1.165, 1.54) is 24.3 Å². The summed E-state index contributed by atoms with van der Waals surface area (Å²) in [5.74, 6) is -2.00. The highest BCUT2D eigenvalue weighted by molar-refractivity contribution is 6.06. The number of benzene rings is 3. The predicted molar refractivity (Wildman–Crippen MR) is 110 cm³/mol. The van der Waals surface area contributed by atoms with Gasteiger partial charge in [-0.3, -0.25) is 4.79 Å². The van der Waals surface area contributed by atoms with Crippen molar-refractivity contribution in [3.8, 4) is 11.5 Å². The minimum Gasteiger partial charge on any atom is -0.456 e. The van der Waals surface area contributed by atoms with E-state index in [1.54, 1.807) is 13.8 Å². The van der Waals surface area contributed by atoms with Crippen LogP contribution in [0.25, 0.3) is 0 Å². The maximum absolute atomic E-state index is 13.9. The predicted octanol–water partition coefficient (Wildman–Crippen LogP) is 6.36. The molecule has 3 N–H and O–H groups in total. The third-order valence-corrected chi connectivity index (χ3v) is 4.65. The van der Waals surface area contributed by atoms with Gasteiger partial charge in [0.15, 0.2) is 0 Å². The molecule has 32 heavy (non-hydrogen) atoms. The third kappa shape index (κ3) is 5.23. The molecule has 0 aliphatic heterocycles. The molecule has 0 aliphatic carbocycles. The molecule has 0 saturated carbocycles. The maximum atomic E-state index is 13.9. The lowest BCUT2D eigenvalue weighted by molar-refractivity contribution is -0.137. The molecule has 168 valence electrons. The van der Waals surface area contributed by atoms with Gasteiger partial charge in [-0.05, 0) is 74.0 Å². The lowest BCUT2D eigenvalue weighted by atomic mass is 10.1. The number of rotatable bonds is 5. The number of ether oxygens (including phenoxy) is 1. The molecule has 0 heterocycles. The topological polar surface area (TPSA) is 64.3 Å². The van der Waals surface area contributed by atoms with Crippen LogP contribution in [0.4, 0.5) is 27.6 Å². The number of carbonyl (C=O) groups is 1. The van der Waals surface area contributed by atoms with Gasteiger partial charge in [-0.2, -0.15) is 13.2 Å². The first-order valence-electron chi connectivity index (χ1n) is 9.47. The van der Waals surface area contributed by atoms with Crippen LogP contribution in [0.2, 0.25) is 0 Å². The number of carbonyl (C=O) groups excluding carboxylic acids is 1. The molecule has 9 heteroatoms. The highest BCUT2D eigenvalue weighted by Gasteiger charge is 2.32. The Kier molecular flexibility index (Phi) is 6.50. The van der Waals surface area contributed by atoms with Gasteiger partial charge in [0.25, 0.3) is 5.91 Å². The van der Waals surface area contributed by atoms with E-state index in [-0.39, 0.29) is 22.7 Å². The highest BCUT2D eigenvalue weighted by atomic mass is 19.4. The van der Waals surface area contributed by atoms with Crippen molar-refractivity contribution in [1.29, 1.82) is 0 Å². The van der Waals surface area contributed by atoms with Gasteiger partial charge in [0.1, 0.15) is 23.1 Å². The smallest absolute Gasteiger partial charge is 0.416 e. The summed E-state index contributed by atoms with van der Waals surface area (Å²) in [5, 5.41) is 2.44. The van der Waals surface area contributed by atoms with Crippen LogP contribution in [0.3, 0.4) is 0 Å². The second kappa shape index (κ2) is 8.96. The molecule has 3 aromatic carbocycles. The fraction of sp³-hybridized carbons (Fsp3) is 0.174. The van der Waals surface area contributed by atoms with Crippen LogP contribution in [0.5, 0.6) is 11.5 Å². The minimum absolute atomic E-state index is 0.130. The van der Waals surface area contributed by atoms with E-state index in [4.69, 9.17) is 10.5 Å². The standard InChI is InChI=1S/C23H19F5N2O2/c1-12-9-15(24)4-8-20(12)32-21-7-3-14(23(26,27)28)10-18(21)22(31)30-16-5-6-19(25)17(11-16)13(2)29/h3-11,13H,29H2,1-2H3,(H,30,31). The molecule has 1 atom stereocenters. The fourth-order valence-electron chi connectivity index (χ4n) is 2.99. The van der Waals surface area contributed by atoms with Crippen LogP contribution in [-0.4, -0.2) is 5.91 Å². The molecule has 4 nitrogen and oxygen atoms in total. The Morgan fingerprint density at radius 3 is 2.31 bits per heavy atom. The van der Waals surface area contributed by atoms with Gasteiger partial charge in [0.05, 0.1) is 11.1 Å². The van der Waals surface area contributed by atoms with E-state index < -0.39 is 40.9 Å². The average Bonchev–Trinajstić information content (AvgIpc) is 2.70. The van der Waals surface area contributed by atoms with E-state index in [0.717, 1.165) is 24.3 Å². The van der Waals surface area contributed by atoms with Gasteiger partial charge in [-0.15, -0.1) is 0 Å². The second-order valence-corrected chi connectivity index (χ2v) is 7.20. The monoisotopic (exact) mass is 450 g/mol. The number of aryl methyl sites for hydroxylation is 1. The number of halogens is 5. The van der Waals surface area contributed by atoms with Gasteiger partial charge in [0.2, 0.25) is 0 Å². The van der Waals surface area contributed by atoms with Crippen molar-refractivity contribution in [1.82, 2.24) is 0 Å². The molecular weight excluding hydrogens is 431 g/mol. The van der Waals surface area contributed by atoms with Crippen molar-refractivity contribution in [2.45, 2.75) is 26.1 Å². The lowest BCUT2D eigenvalue weighted by Crippen LogP contribution is -2.16. The van der Waals surface area contributed by atoms with Crippen LogP contribution in [0, 0.1) is 18.6 Å². The molecule has 0 spiro atoms. The first kappa shape index (κ1) is 23.2. The zero-order valence-corrected chi connectivity index (χ0v) is 17.1. The number of hydrogen-bond acceptors (Lipinski definition) is 3. The second-order valence-electron chi connectivity index (χ2n) is 7.20. The van der Waals surface area contributed by atoms with E-state index >= 15 is 0 Å². The number of nitrogens with one attached hydrogen (secondary N) is 1. The van der Waals surface area contributed by atoms with Crippen molar-refractivity contribution in [3.05, 3.63) is 88.5 Å². The Morgan fingerprint density at radius 2 is 1.69 bits per heavy atom. The van der Waals surface area contributed by atoms with Crippen LogP contribution < -0.4 is 15.8 Å². The van der Waals surface area contributed by atoms with Gasteiger partial charge in [-0.1, -0.05) is 0 Å². The highest BCUT2D eigenvalue weighted by Crippen LogP contribution is 2.35. The molecule has 0 bridgehead atoms. The summed E-state index contributed by atoms with van der Waals surface area (Å²) in [6.45, 7) is 3.10. The molecule has 0 radical (unpaired) electrons. The Morgan fingerprint density at radius 1 is 1.00 bits per heavy atom. The molecule has 1 amide bonds. The molecule has 3 rings (SSSR count). The van der Waals surface area contributed by atoms with Gasteiger partial charge < -0.3 is 15.8 Å². The molecule has 0 aromatic heterocycles. The molecule has 3 aromatic rings. The van der Waals surface area contributed by atoms with E-state index in [2.05, 4.69) is 5.32 Å². The number of hydrogen-bond donors (Lipinski definition) is 2. The van der Waals surface area contributed by atoms with Crippen LogP contribution in [-0.2, 0) is 6.18 Å². The minimum atomic E-state index is -4.70. The molecule has 0 fully saturated rings. The zero-order chi connectivity index (χ0) is 23.6. The normalized spacial score (nSPS) is 12.4. The largest absolute Gasteiger partial charge is 0.456 e. The number of anilines is 1. The van der Waals surface area contributed by atoms with Crippen molar-refractivity contribution in [2.24, 2.45) is 5.73 Å². The summed E-state index contributed by atoms with van der Waals surface area (Å²) >= 11 is 0. The first-order valence-corrected chi connectivity index (χ1v) is 9.47. The van der Waals surface area contributed by atoms with E-state index in [0.29, 0.717) is 11.6 Å². The van der Waals surface area contributed by atoms with Crippen molar-refractivity contribution in [2.75, 3.05) is 5.32 Å². The molecule has 0 aliphatic rings. The Labute approximate surface area is 180 Å². The van der Waals surface area contributed by atoms with Crippen LogP contribution in [0.15, 0.2) is 54.6 Å². The Bertz CT molecular complexity index is 1160. The average molecular weight is 450 g/mol. The van der Waals surface area contributed by atoms with Crippen molar-refractivity contribution in [3.63, 3.8) is 0 Å². The molecule has 1 unspecified atom stereocenters. The van der Waals surface area contributed by atoms with E-state index in [9.17, 15) is 26.7 Å². The van der Waals surface area contributed by atoms with Crippen molar-refractivity contribution >= 4 is 11.6 Å². The summed E-state index contributed by atoms with van der Waals surface area (Å²) in [4.78, 5) is 12.9. The third-order valence-electron chi connectivity index (χ3n) is 4.65. The van der Waals surface area contributed by atoms with Gasteiger partial charge in [0, 0.05) is 17.3 Å². The number of alkyl halides is 3. The summed E-state index contributed by atoms with van der Waals surface area (Å²) < 4.78 is 72.6. The maximum Gasteiger partial charge on any atom is 0.416 e. The molecular formula is C23H19F5N2O2. The summed E-state index contributed by atoms with van der Waals surface area (Å²) in [7, 11) is 0. The van der Waals surface area contributed by atoms with Gasteiger partial charge in [-0.25, -0.2) is 8.78 Å². The number of amides is 1. The first-order chi connectivity index (χ1) is 15.0. The quantitative estimate of drug-likeness (QED) is 0.445. The zero-order valence-electron chi connectivity index (χ0n) is 17.1. The number of nitrogens with two attached hydrogens (primary N) is 1. The van der Waals surface area contributed by atoms with Crippen LogP contribution >= 0.6 is 0 Å². The molecule has 0 saturated heterocycles. The van der Waals surface area contributed by atoms with Crippen LogP contribution in [0.1, 0.15) is 40.0 Å². The van der Waals surface area contributed by atoms with E-state index in [1.807, 2.05) is 0 Å². The summed E-state index contributed by atoms with van der Waals surface area (Å²) in [6, 6.07) is 9.05. The van der Waals surface area contributed by atoms with Crippen molar-refractivity contribution < 1.29 is 31.5 Å². The van der Waals surface area contributed by atoms with Gasteiger partial charge >= 0.3 is 6.18 Å². The fourth-order valence-corrected chi connectivity index (χ4v) is 2.99. The Balaban J connectivity index is 2.00. The SMILES string of the molecule is Cc1cc(F)ccc1Oc1ccc(C(F)(F)F)cc1C(=O)Nc1ccc(F)c(C(C)N)c1. The lowest BCUT2D eigenvalue weighted by Gasteiger charge is -2.16.